The molecule has 1 saturated carbocycles. The number of guanidine groups is 1. The molecule has 2 amide bonds. The smallest absolute Gasteiger partial charge is 0.414 e. The van der Waals surface area contributed by atoms with Crippen molar-refractivity contribution < 1.29 is 28.6 Å². The second-order valence-corrected chi connectivity index (χ2v) is 12.2. The van der Waals surface area contributed by atoms with E-state index in [2.05, 4.69) is 20.7 Å². The maximum absolute atomic E-state index is 12.7. The number of fused-ring (bicyclic) bond motifs is 2. The fourth-order valence-electron chi connectivity index (χ4n) is 6.28. The van der Waals surface area contributed by atoms with Crippen molar-refractivity contribution in [1.29, 1.82) is 0 Å². The fraction of sp³-hybridized carbons (Fsp3) is 0.529. The van der Waals surface area contributed by atoms with E-state index in [-0.39, 0.29) is 31.1 Å². The number of piperidine rings is 1. The first kappa shape index (κ1) is 32.3. The Hall–Kier alpha value is -4.12. The van der Waals surface area contributed by atoms with E-state index in [1.54, 1.807) is 24.8 Å². The van der Waals surface area contributed by atoms with Crippen molar-refractivity contribution in [1.82, 2.24) is 20.7 Å². The zero-order valence-electron chi connectivity index (χ0n) is 26.3. The second kappa shape index (κ2) is 15.7. The van der Waals surface area contributed by atoms with Crippen LogP contribution in [0.2, 0.25) is 0 Å². The number of esters is 1. The predicted molar refractivity (Wildman–Crippen MR) is 169 cm³/mol. The third-order valence-electron chi connectivity index (χ3n) is 8.39. The highest BCUT2D eigenvalue weighted by molar-refractivity contribution is 5.97. The van der Waals surface area contributed by atoms with Gasteiger partial charge in [0.1, 0.15) is 18.9 Å². The summed E-state index contributed by atoms with van der Waals surface area (Å²) < 4.78 is 16.7. The summed E-state index contributed by atoms with van der Waals surface area (Å²) in [6, 6.07) is 15.4. The first-order valence-electron chi connectivity index (χ1n) is 16.2. The molecule has 1 saturated heterocycles. The standard InChI is InChI=1S/C34H45N5O6/c1-24(2)45-32(41)22-38-21-27-16-17-28(20-29(27)35-33(38)36-34(42)44-23-25-10-4-3-5-11-25)43-19-9-15-31(40)37-39-18-8-13-26-12-6-7-14-30(26)39/h3-5,10-11,16-17,20,24,26,30H,6-9,12-15,18-19,21-23H2,1-2H3,(H,37,40)(H,35,36,42). The van der Waals surface area contributed by atoms with Crippen LogP contribution >= 0.6 is 0 Å². The molecule has 0 bridgehead atoms. The monoisotopic (exact) mass is 619 g/mol. The highest BCUT2D eigenvalue weighted by Crippen LogP contribution is 2.34. The van der Waals surface area contributed by atoms with E-state index in [1.807, 2.05) is 42.5 Å². The molecule has 3 aliphatic rings. The Kier molecular flexibility index (Phi) is 11.3. The number of hydrogen-bond acceptors (Lipinski definition) is 9. The van der Waals surface area contributed by atoms with Crippen LogP contribution in [0.3, 0.4) is 0 Å². The molecular weight excluding hydrogens is 574 g/mol. The van der Waals surface area contributed by atoms with Crippen LogP contribution in [-0.4, -0.2) is 65.7 Å². The highest BCUT2D eigenvalue weighted by Gasteiger charge is 2.34. The minimum Gasteiger partial charge on any atom is -0.494 e. The van der Waals surface area contributed by atoms with E-state index < -0.39 is 12.1 Å². The average molecular weight is 620 g/mol. The van der Waals surface area contributed by atoms with Gasteiger partial charge in [0.15, 0.2) is 0 Å². The van der Waals surface area contributed by atoms with E-state index >= 15 is 0 Å². The van der Waals surface area contributed by atoms with Gasteiger partial charge in [-0.25, -0.2) is 14.8 Å². The number of nitrogens with zero attached hydrogens (tertiary/aromatic N) is 3. The van der Waals surface area contributed by atoms with Gasteiger partial charge in [-0.05, 0) is 69.1 Å². The molecule has 2 atom stereocenters. The molecule has 2 aromatic rings. The maximum atomic E-state index is 12.7. The molecule has 45 heavy (non-hydrogen) atoms. The van der Waals surface area contributed by atoms with Crippen LogP contribution in [-0.2, 0) is 32.2 Å². The molecule has 2 heterocycles. The summed E-state index contributed by atoms with van der Waals surface area (Å²) in [6.07, 6.45) is 7.41. The molecule has 11 heteroatoms. The number of carbonyl (C=O) groups excluding carboxylic acids is 3. The second-order valence-electron chi connectivity index (χ2n) is 12.2. The number of alkyl carbamates (subject to hydrolysis) is 1. The number of rotatable bonds is 11. The van der Waals surface area contributed by atoms with Crippen LogP contribution < -0.4 is 15.5 Å². The number of hydrazine groups is 1. The van der Waals surface area contributed by atoms with Crippen LogP contribution in [0.1, 0.15) is 76.3 Å². The maximum Gasteiger partial charge on any atom is 0.414 e. The van der Waals surface area contributed by atoms with Gasteiger partial charge in [0.2, 0.25) is 11.9 Å². The van der Waals surface area contributed by atoms with Crippen LogP contribution in [0.25, 0.3) is 0 Å². The lowest BCUT2D eigenvalue weighted by molar-refractivity contribution is -0.147. The van der Waals surface area contributed by atoms with Gasteiger partial charge in [-0.15, -0.1) is 0 Å². The molecule has 242 valence electrons. The molecule has 0 radical (unpaired) electrons. The molecule has 2 fully saturated rings. The molecule has 2 aliphatic heterocycles. The summed E-state index contributed by atoms with van der Waals surface area (Å²) in [6.45, 7) is 5.22. The van der Waals surface area contributed by atoms with Crippen LogP contribution in [0, 0.1) is 5.92 Å². The lowest BCUT2D eigenvalue weighted by Crippen LogP contribution is -2.55. The summed E-state index contributed by atoms with van der Waals surface area (Å²) in [5.41, 5.74) is 5.49. The SMILES string of the molecule is CC(C)OC(=O)CN1Cc2ccc(OCCCC(=O)NN3CCCC4CCCCC43)cc2N=C1NC(=O)OCc1ccccc1. The molecular formula is C34H45N5O6. The molecule has 0 spiro atoms. The van der Waals surface area contributed by atoms with Gasteiger partial charge >= 0.3 is 12.1 Å². The average Bonchev–Trinajstić information content (AvgIpc) is 3.03. The molecule has 2 N–H and O–H groups in total. The third kappa shape index (κ3) is 9.43. The van der Waals surface area contributed by atoms with Gasteiger partial charge < -0.3 is 19.1 Å². The van der Waals surface area contributed by atoms with Gasteiger partial charge in [0.05, 0.1) is 18.4 Å². The minimum atomic E-state index is -0.683. The molecule has 1 aliphatic carbocycles. The summed E-state index contributed by atoms with van der Waals surface area (Å²) in [5.74, 6) is 1.11. The Labute approximate surface area is 265 Å². The number of aliphatic imine (C=N–C) groups is 1. The quantitative estimate of drug-likeness (QED) is 0.260. The van der Waals surface area contributed by atoms with Crippen molar-refractivity contribution in [3.05, 3.63) is 59.7 Å². The van der Waals surface area contributed by atoms with Crippen molar-refractivity contribution in [2.45, 2.75) is 90.5 Å². The molecule has 2 unspecified atom stereocenters. The van der Waals surface area contributed by atoms with Crippen molar-refractivity contribution in [2.75, 3.05) is 19.7 Å². The lowest BCUT2D eigenvalue weighted by Gasteiger charge is -2.43. The molecule has 0 aromatic heterocycles. The Morgan fingerprint density at radius 3 is 2.64 bits per heavy atom. The molecule has 11 nitrogen and oxygen atoms in total. The van der Waals surface area contributed by atoms with Gasteiger partial charge in [0, 0.05) is 31.6 Å². The van der Waals surface area contributed by atoms with Gasteiger partial charge in [0.25, 0.3) is 0 Å². The largest absolute Gasteiger partial charge is 0.494 e. The van der Waals surface area contributed by atoms with E-state index in [0.717, 1.165) is 24.1 Å². The topological polar surface area (TPSA) is 122 Å². The van der Waals surface area contributed by atoms with Crippen LogP contribution in [0.4, 0.5) is 10.5 Å². The summed E-state index contributed by atoms with van der Waals surface area (Å²) in [7, 11) is 0. The van der Waals surface area contributed by atoms with Gasteiger partial charge in [-0.1, -0.05) is 49.2 Å². The zero-order valence-corrected chi connectivity index (χ0v) is 26.3. The van der Waals surface area contributed by atoms with Crippen LogP contribution in [0.15, 0.2) is 53.5 Å². The number of carbonyl (C=O) groups is 3. The summed E-state index contributed by atoms with van der Waals surface area (Å²) >= 11 is 0. The van der Waals surface area contributed by atoms with E-state index in [4.69, 9.17) is 14.2 Å². The Morgan fingerprint density at radius 2 is 1.82 bits per heavy atom. The number of nitrogens with one attached hydrogen (secondary N) is 2. The van der Waals surface area contributed by atoms with Crippen molar-refractivity contribution >= 4 is 29.6 Å². The summed E-state index contributed by atoms with van der Waals surface area (Å²) in [4.78, 5) is 44.2. The van der Waals surface area contributed by atoms with Gasteiger partial charge in [-0.2, -0.15) is 0 Å². The number of benzene rings is 2. The number of hydrogen-bond donors (Lipinski definition) is 2. The predicted octanol–water partition coefficient (Wildman–Crippen LogP) is 5.21. The number of ether oxygens (including phenoxy) is 3. The zero-order chi connectivity index (χ0) is 31.6. The molecule has 5 rings (SSSR count). The normalized spacial score (nSPS) is 19.5. The highest BCUT2D eigenvalue weighted by atomic mass is 16.6. The first-order valence-corrected chi connectivity index (χ1v) is 16.2. The molecule has 2 aromatic carbocycles. The van der Waals surface area contributed by atoms with Crippen molar-refractivity contribution in [2.24, 2.45) is 10.9 Å². The van der Waals surface area contributed by atoms with E-state index in [0.29, 0.717) is 49.4 Å². The Morgan fingerprint density at radius 1 is 1.02 bits per heavy atom. The van der Waals surface area contributed by atoms with Crippen molar-refractivity contribution in [3.8, 4) is 5.75 Å². The Bertz CT molecular complexity index is 1350. The van der Waals surface area contributed by atoms with Crippen molar-refractivity contribution in [3.63, 3.8) is 0 Å². The lowest BCUT2D eigenvalue weighted by atomic mass is 9.79. The van der Waals surface area contributed by atoms with Crippen LogP contribution in [0.5, 0.6) is 5.75 Å². The van der Waals surface area contributed by atoms with Gasteiger partial charge in [-0.3, -0.25) is 20.3 Å². The Balaban J connectivity index is 1.15. The van der Waals surface area contributed by atoms with E-state index in [1.165, 1.54) is 32.1 Å². The summed E-state index contributed by atoms with van der Waals surface area (Å²) in [5, 5.41) is 4.88. The third-order valence-corrected chi connectivity index (χ3v) is 8.39. The minimum absolute atomic E-state index is 0.0332. The number of amides is 2. The van der Waals surface area contributed by atoms with E-state index in [9.17, 15) is 14.4 Å². The first-order chi connectivity index (χ1) is 21.8. The fourth-order valence-corrected chi connectivity index (χ4v) is 6.28.